The summed E-state index contributed by atoms with van der Waals surface area (Å²) in [6.07, 6.45) is -1.27. The lowest BCUT2D eigenvalue weighted by molar-refractivity contribution is -0.384. The minimum atomic E-state index is -1.27. The van der Waals surface area contributed by atoms with Gasteiger partial charge < -0.3 is 19.7 Å². The third kappa shape index (κ3) is 3.22. The molecule has 1 aromatic heterocycles. The van der Waals surface area contributed by atoms with Crippen LogP contribution in [0, 0.1) is 10.1 Å². The zero-order chi connectivity index (χ0) is 14.9. The maximum absolute atomic E-state index is 10.7. The van der Waals surface area contributed by atoms with Crippen molar-refractivity contribution in [1.29, 1.82) is 0 Å². The Morgan fingerprint density at radius 3 is 2.80 bits per heavy atom. The molecule has 2 N–H and O–H groups in total. The molecule has 0 radical (unpaired) electrons. The van der Waals surface area contributed by atoms with Gasteiger partial charge in [-0.2, -0.15) is 0 Å². The van der Waals surface area contributed by atoms with Crippen molar-refractivity contribution in [2.24, 2.45) is 0 Å². The summed E-state index contributed by atoms with van der Waals surface area (Å²) in [7, 11) is 0. The standard InChI is InChI=1S/C12H15N3O5/c1-12(2,3)19-11(16)13-10-8-5-4-7(15(17)18)6-9(8)20-14-10/h4-6,11,16H,1-3H3,(H,13,14). The Kier molecular flexibility index (Phi) is 3.60. The first-order valence-corrected chi connectivity index (χ1v) is 5.92. The van der Waals surface area contributed by atoms with Crippen molar-refractivity contribution >= 4 is 22.5 Å². The number of benzene rings is 1. The van der Waals surface area contributed by atoms with Crippen molar-refractivity contribution in [3.63, 3.8) is 0 Å². The van der Waals surface area contributed by atoms with Gasteiger partial charge >= 0.3 is 0 Å². The second-order valence-electron chi connectivity index (χ2n) is 5.20. The van der Waals surface area contributed by atoms with Crippen LogP contribution in [0.3, 0.4) is 0 Å². The molecule has 20 heavy (non-hydrogen) atoms. The topological polar surface area (TPSA) is 111 Å². The molecule has 0 aliphatic rings. The van der Waals surface area contributed by atoms with Crippen molar-refractivity contribution in [2.75, 3.05) is 5.32 Å². The Hall–Kier alpha value is -2.19. The number of aliphatic hydroxyl groups is 1. The number of rotatable bonds is 4. The van der Waals surface area contributed by atoms with Gasteiger partial charge in [0.2, 0.25) is 6.41 Å². The highest BCUT2D eigenvalue weighted by Gasteiger charge is 2.19. The SMILES string of the molecule is CC(C)(C)OC(O)Nc1noc2cc([N+](=O)[O-])ccc12. The lowest BCUT2D eigenvalue weighted by Gasteiger charge is -2.24. The van der Waals surface area contributed by atoms with Gasteiger partial charge in [-0.15, -0.1) is 0 Å². The van der Waals surface area contributed by atoms with E-state index in [0.717, 1.165) is 0 Å². The molecule has 1 aromatic carbocycles. The van der Waals surface area contributed by atoms with E-state index in [9.17, 15) is 15.2 Å². The summed E-state index contributed by atoms with van der Waals surface area (Å²) in [5, 5.41) is 27.3. The highest BCUT2D eigenvalue weighted by molar-refractivity contribution is 5.89. The second-order valence-corrected chi connectivity index (χ2v) is 5.20. The van der Waals surface area contributed by atoms with E-state index in [1.165, 1.54) is 18.2 Å². The minimum absolute atomic E-state index is 0.0910. The van der Waals surface area contributed by atoms with Crippen LogP contribution in [0.25, 0.3) is 11.0 Å². The predicted molar refractivity (Wildman–Crippen MR) is 71.1 cm³/mol. The molecule has 108 valence electrons. The van der Waals surface area contributed by atoms with Gasteiger partial charge in [-0.1, -0.05) is 5.16 Å². The number of hydrogen-bond donors (Lipinski definition) is 2. The third-order valence-electron chi connectivity index (χ3n) is 2.39. The molecule has 1 heterocycles. The number of hydrogen-bond acceptors (Lipinski definition) is 7. The maximum atomic E-state index is 10.7. The fourth-order valence-corrected chi connectivity index (χ4v) is 1.63. The summed E-state index contributed by atoms with van der Waals surface area (Å²) in [6, 6.07) is 4.10. The van der Waals surface area contributed by atoms with Gasteiger partial charge in [0, 0.05) is 6.07 Å². The van der Waals surface area contributed by atoms with Crippen LogP contribution < -0.4 is 5.32 Å². The van der Waals surface area contributed by atoms with Crippen LogP contribution >= 0.6 is 0 Å². The molecule has 0 aliphatic carbocycles. The molecule has 1 unspecified atom stereocenters. The van der Waals surface area contributed by atoms with E-state index in [2.05, 4.69) is 10.5 Å². The average molecular weight is 281 g/mol. The molecule has 0 fully saturated rings. The highest BCUT2D eigenvalue weighted by Crippen LogP contribution is 2.27. The van der Waals surface area contributed by atoms with Crippen LogP contribution in [0.4, 0.5) is 11.5 Å². The zero-order valence-electron chi connectivity index (χ0n) is 11.3. The monoisotopic (exact) mass is 281 g/mol. The van der Waals surface area contributed by atoms with Gasteiger partial charge in [0.05, 0.1) is 22.0 Å². The highest BCUT2D eigenvalue weighted by atomic mass is 16.6. The van der Waals surface area contributed by atoms with Crippen LogP contribution in [-0.2, 0) is 4.74 Å². The first kappa shape index (κ1) is 14.2. The maximum Gasteiger partial charge on any atom is 0.273 e. The lowest BCUT2D eigenvalue weighted by Crippen LogP contribution is -2.32. The van der Waals surface area contributed by atoms with E-state index < -0.39 is 16.9 Å². The Bertz CT molecular complexity index is 632. The first-order chi connectivity index (χ1) is 9.26. The van der Waals surface area contributed by atoms with E-state index in [1.807, 2.05) is 0 Å². The smallest absolute Gasteiger partial charge is 0.273 e. The van der Waals surface area contributed by atoms with Crippen LogP contribution in [0.2, 0.25) is 0 Å². The van der Waals surface area contributed by atoms with Crippen molar-refractivity contribution in [3.8, 4) is 0 Å². The fraction of sp³-hybridized carbons (Fsp3) is 0.417. The number of non-ortho nitro benzene ring substituents is 1. The molecule has 1 atom stereocenters. The Labute approximate surface area is 114 Å². The fourth-order valence-electron chi connectivity index (χ4n) is 1.63. The summed E-state index contributed by atoms with van der Waals surface area (Å²) in [4.78, 5) is 10.1. The molecule has 2 aromatic rings. The first-order valence-electron chi connectivity index (χ1n) is 5.92. The summed E-state index contributed by atoms with van der Waals surface area (Å²) < 4.78 is 10.3. The normalized spacial score (nSPS) is 13.4. The molecule has 8 heteroatoms. The quantitative estimate of drug-likeness (QED) is 0.502. The van der Waals surface area contributed by atoms with Crippen molar-refractivity contribution in [3.05, 3.63) is 28.3 Å². The van der Waals surface area contributed by atoms with Crippen molar-refractivity contribution < 1.29 is 19.3 Å². The van der Waals surface area contributed by atoms with Gasteiger partial charge in [-0.05, 0) is 26.8 Å². The van der Waals surface area contributed by atoms with E-state index in [1.54, 1.807) is 20.8 Å². The van der Waals surface area contributed by atoms with E-state index in [4.69, 9.17) is 9.26 Å². The number of nitrogens with one attached hydrogen (secondary N) is 1. The average Bonchev–Trinajstić information content (AvgIpc) is 2.69. The van der Waals surface area contributed by atoms with E-state index in [-0.39, 0.29) is 17.1 Å². The number of nitro benzene ring substituents is 1. The number of anilines is 1. The van der Waals surface area contributed by atoms with E-state index in [0.29, 0.717) is 5.39 Å². The minimum Gasteiger partial charge on any atom is -0.354 e. The van der Waals surface area contributed by atoms with E-state index >= 15 is 0 Å². The molecule has 0 amide bonds. The third-order valence-corrected chi connectivity index (χ3v) is 2.39. The van der Waals surface area contributed by atoms with Crippen LogP contribution in [0.15, 0.2) is 22.7 Å². The van der Waals surface area contributed by atoms with Gasteiger partial charge in [0.15, 0.2) is 11.4 Å². The number of aliphatic hydroxyl groups excluding tert-OH is 1. The summed E-state index contributed by atoms with van der Waals surface area (Å²) in [5.74, 6) is 0.256. The predicted octanol–water partition coefficient (Wildman–Crippen LogP) is 2.24. The Morgan fingerprint density at radius 1 is 1.50 bits per heavy atom. The number of ether oxygens (including phenoxy) is 1. The van der Waals surface area contributed by atoms with Crippen LogP contribution in [0.1, 0.15) is 20.8 Å². The van der Waals surface area contributed by atoms with Gasteiger partial charge in [-0.3, -0.25) is 10.1 Å². The molecule has 0 spiro atoms. The number of nitro groups is 1. The molecule has 2 rings (SSSR count). The summed E-state index contributed by atoms with van der Waals surface area (Å²) in [6.45, 7) is 5.38. The Balaban J connectivity index is 2.21. The molecule has 8 nitrogen and oxygen atoms in total. The lowest BCUT2D eigenvalue weighted by atomic mass is 10.2. The summed E-state index contributed by atoms with van der Waals surface area (Å²) >= 11 is 0. The largest absolute Gasteiger partial charge is 0.354 e. The molecule has 0 aliphatic heterocycles. The number of fused-ring (bicyclic) bond motifs is 1. The summed E-state index contributed by atoms with van der Waals surface area (Å²) in [5.41, 5.74) is -0.374. The number of aromatic nitrogens is 1. The van der Waals surface area contributed by atoms with Gasteiger partial charge in [-0.25, -0.2) is 0 Å². The molecule has 0 bridgehead atoms. The number of nitrogens with zero attached hydrogens (tertiary/aromatic N) is 2. The molecular weight excluding hydrogens is 266 g/mol. The van der Waals surface area contributed by atoms with Crippen molar-refractivity contribution in [1.82, 2.24) is 5.16 Å². The molecule has 0 saturated heterocycles. The Morgan fingerprint density at radius 2 is 2.20 bits per heavy atom. The van der Waals surface area contributed by atoms with Crippen LogP contribution in [-0.4, -0.2) is 27.2 Å². The van der Waals surface area contributed by atoms with Gasteiger partial charge in [0.25, 0.3) is 5.69 Å². The molecular formula is C12H15N3O5. The van der Waals surface area contributed by atoms with Crippen molar-refractivity contribution in [2.45, 2.75) is 32.8 Å². The zero-order valence-corrected chi connectivity index (χ0v) is 11.3. The second kappa shape index (κ2) is 5.06. The molecule has 0 saturated carbocycles. The van der Waals surface area contributed by atoms with Crippen LogP contribution in [0.5, 0.6) is 0 Å². The van der Waals surface area contributed by atoms with Gasteiger partial charge in [0.1, 0.15) is 0 Å².